The molecule has 0 N–H and O–H groups in total. The predicted octanol–water partition coefficient (Wildman–Crippen LogP) is 3.62. The highest BCUT2D eigenvalue weighted by Crippen LogP contribution is 2.38. The Balaban J connectivity index is 1.85. The van der Waals surface area contributed by atoms with Gasteiger partial charge in [-0.2, -0.15) is 0 Å². The minimum atomic E-state index is 0.0421. The summed E-state index contributed by atoms with van der Waals surface area (Å²) in [5.41, 5.74) is 1.74. The second-order valence-electron chi connectivity index (χ2n) is 4.51. The van der Waals surface area contributed by atoms with Crippen molar-refractivity contribution in [2.45, 2.75) is 5.37 Å². The van der Waals surface area contributed by atoms with E-state index < -0.39 is 0 Å². The lowest BCUT2D eigenvalue weighted by Crippen LogP contribution is -2.30. The number of amides is 1. The Kier molecular flexibility index (Phi) is 3.94. The molecule has 1 aromatic heterocycles. The highest BCUT2D eigenvalue weighted by Gasteiger charge is 2.31. The van der Waals surface area contributed by atoms with Gasteiger partial charge in [-0.25, -0.2) is 0 Å². The lowest BCUT2D eigenvalue weighted by atomic mass is 10.2. The quantitative estimate of drug-likeness (QED) is 0.849. The normalized spacial score (nSPS) is 18.2. The first-order chi connectivity index (χ1) is 9.75. The molecule has 1 atom stereocenters. The van der Waals surface area contributed by atoms with E-state index in [1.54, 1.807) is 42.2 Å². The van der Waals surface area contributed by atoms with Gasteiger partial charge in [0.15, 0.2) is 0 Å². The van der Waals surface area contributed by atoms with Gasteiger partial charge in [0.1, 0.15) is 5.37 Å². The Morgan fingerprint density at radius 2 is 2.10 bits per heavy atom. The molecule has 1 amide bonds. The lowest BCUT2D eigenvalue weighted by Gasteiger charge is -2.24. The van der Waals surface area contributed by atoms with Crippen molar-refractivity contribution < 1.29 is 4.79 Å². The van der Waals surface area contributed by atoms with Crippen molar-refractivity contribution in [2.75, 3.05) is 12.3 Å². The van der Waals surface area contributed by atoms with Crippen LogP contribution in [0, 0.1) is 0 Å². The molecule has 0 aliphatic carbocycles. The Morgan fingerprint density at radius 1 is 1.30 bits per heavy atom. The highest BCUT2D eigenvalue weighted by molar-refractivity contribution is 7.99. The van der Waals surface area contributed by atoms with E-state index in [1.807, 2.05) is 23.2 Å². The molecule has 1 aliphatic rings. The van der Waals surface area contributed by atoms with Gasteiger partial charge in [-0.05, 0) is 30.3 Å². The summed E-state index contributed by atoms with van der Waals surface area (Å²) in [6.07, 6.45) is 3.57. The van der Waals surface area contributed by atoms with Gasteiger partial charge in [-0.3, -0.25) is 9.78 Å². The summed E-state index contributed by atoms with van der Waals surface area (Å²) in [5.74, 6) is 0.985. The molecule has 102 valence electrons. The van der Waals surface area contributed by atoms with E-state index in [0.29, 0.717) is 10.6 Å². The van der Waals surface area contributed by atoms with Gasteiger partial charge < -0.3 is 4.90 Å². The maximum atomic E-state index is 12.6. The third-order valence-electron chi connectivity index (χ3n) is 3.21. The Bertz CT molecular complexity index is 603. The zero-order valence-electron chi connectivity index (χ0n) is 10.7. The third-order valence-corrected chi connectivity index (χ3v) is 4.73. The van der Waals surface area contributed by atoms with Gasteiger partial charge in [0.25, 0.3) is 5.91 Å². The summed E-state index contributed by atoms with van der Waals surface area (Å²) < 4.78 is 0. The molecule has 1 aromatic carbocycles. The molecule has 1 fully saturated rings. The number of aromatic nitrogens is 1. The van der Waals surface area contributed by atoms with Crippen LogP contribution in [-0.2, 0) is 0 Å². The van der Waals surface area contributed by atoms with Crippen LogP contribution in [-0.4, -0.2) is 28.1 Å². The number of rotatable bonds is 2. The van der Waals surface area contributed by atoms with E-state index >= 15 is 0 Å². The molecule has 20 heavy (non-hydrogen) atoms. The maximum Gasteiger partial charge on any atom is 0.255 e. The van der Waals surface area contributed by atoms with Crippen LogP contribution in [0.25, 0.3) is 0 Å². The van der Waals surface area contributed by atoms with E-state index in [9.17, 15) is 4.79 Å². The van der Waals surface area contributed by atoms with Gasteiger partial charge in [-0.1, -0.05) is 17.7 Å². The topological polar surface area (TPSA) is 33.2 Å². The van der Waals surface area contributed by atoms with Crippen LogP contribution in [0.5, 0.6) is 0 Å². The molecular formula is C15H13ClN2OS. The smallest absolute Gasteiger partial charge is 0.255 e. The summed E-state index contributed by atoms with van der Waals surface area (Å²) in [5, 5.41) is 0.688. The molecule has 1 aliphatic heterocycles. The highest BCUT2D eigenvalue weighted by atomic mass is 35.5. The predicted molar refractivity (Wildman–Crippen MR) is 81.9 cm³/mol. The molecule has 5 heteroatoms. The van der Waals surface area contributed by atoms with E-state index in [4.69, 9.17) is 11.6 Å². The molecule has 1 saturated heterocycles. The first-order valence-electron chi connectivity index (χ1n) is 6.34. The molecule has 0 unspecified atom stereocenters. The molecular weight excluding hydrogens is 292 g/mol. The molecule has 2 heterocycles. The SMILES string of the molecule is O=C(c1ccc(Cl)cc1)N1CCS[C@H]1c1cccnc1. The number of hydrogen-bond donors (Lipinski definition) is 0. The van der Waals surface area contributed by atoms with E-state index in [-0.39, 0.29) is 11.3 Å². The average Bonchev–Trinajstić information content (AvgIpc) is 2.97. The fourth-order valence-electron chi connectivity index (χ4n) is 2.23. The van der Waals surface area contributed by atoms with Gasteiger partial charge in [0, 0.05) is 40.8 Å². The molecule has 3 nitrogen and oxygen atoms in total. The average molecular weight is 305 g/mol. The fraction of sp³-hybridized carbons (Fsp3) is 0.200. The number of nitrogens with zero attached hydrogens (tertiary/aromatic N) is 2. The number of halogens is 1. The molecule has 2 aromatic rings. The monoisotopic (exact) mass is 304 g/mol. The second-order valence-corrected chi connectivity index (χ2v) is 6.14. The minimum absolute atomic E-state index is 0.0421. The van der Waals surface area contributed by atoms with Crippen LogP contribution in [0.15, 0.2) is 48.8 Å². The molecule has 0 radical (unpaired) electrons. The third kappa shape index (κ3) is 2.67. The molecule has 0 spiro atoms. The van der Waals surface area contributed by atoms with Crippen LogP contribution in [0.1, 0.15) is 21.3 Å². The van der Waals surface area contributed by atoms with Crippen LogP contribution in [0.2, 0.25) is 5.02 Å². The maximum absolute atomic E-state index is 12.6. The zero-order valence-corrected chi connectivity index (χ0v) is 12.3. The Labute approximate surface area is 127 Å². The summed E-state index contributed by atoms with van der Waals surface area (Å²) >= 11 is 7.63. The van der Waals surface area contributed by atoms with Crippen LogP contribution < -0.4 is 0 Å². The number of thioether (sulfide) groups is 1. The van der Waals surface area contributed by atoms with Crippen molar-refractivity contribution in [2.24, 2.45) is 0 Å². The van der Waals surface area contributed by atoms with E-state index in [2.05, 4.69) is 4.98 Å². The van der Waals surface area contributed by atoms with E-state index in [1.165, 1.54) is 0 Å². The lowest BCUT2D eigenvalue weighted by molar-refractivity contribution is 0.0760. The molecule has 0 saturated carbocycles. The minimum Gasteiger partial charge on any atom is -0.322 e. The van der Waals surface area contributed by atoms with Crippen LogP contribution >= 0.6 is 23.4 Å². The van der Waals surface area contributed by atoms with Crippen molar-refractivity contribution in [3.8, 4) is 0 Å². The summed E-state index contributed by atoms with van der Waals surface area (Å²) in [6, 6.07) is 11.0. The van der Waals surface area contributed by atoms with Crippen molar-refractivity contribution in [3.63, 3.8) is 0 Å². The molecule has 3 rings (SSSR count). The fourth-order valence-corrected chi connectivity index (χ4v) is 3.60. The number of pyridine rings is 1. The summed E-state index contributed by atoms with van der Waals surface area (Å²) in [6.45, 7) is 0.756. The Hall–Kier alpha value is -1.52. The zero-order chi connectivity index (χ0) is 13.9. The van der Waals surface area contributed by atoms with Gasteiger partial charge in [0.2, 0.25) is 0 Å². The number of benzene rings is 1. The van der Waals surface area contributed by atoms with Crippen molar-refractivity contribution in [3.05, 3.63) is 64.9 Å². The number of carbonyl (C=O) groups is 1. The first kappa shape index (κ1) is 13.5. The number of carbonyl (C=O) groups excluding carboxylic acids is 1. The second kappa shape index (κ2) is 5.85. The van der Waals surface area contributed by atoms with Gasteiger partial charge in [0.05, 0.1) is 0 Å². The van der Waals surface area contributed by atoms with Crippen molar-refractivity contribution >= 4 is 29.3 Å². The summed E-state index contributed by atoms with van der Waals surface area (Å²) in [4.78, 5) is 18.6. The first-order valence-corrected chi connectivity index (χ1v) is 7.76. The standard InChI is InChI=1S/C15H13ClN2OS/c16-13-5-3-11(4-6-13)14(19)18-8-9-20-15(18)12-2-1-7-17-10-12/h1-7,10,15H,8-9H2/t15-/m0/s1. The number of hydrogen-bond acceptors (Lipinski definition) is 3. The Morgan fingerprint density at radius 3 is 2.80 bits per heavy atom. The largest absolute Gasteiger partial charge is 0.322 e. The summed E-state index contributed by atoms with van der Waals surface area (Å²) in [7, 11) is 0. The van der Waals surface area contributed by atoms with Gasteiger partial charge >= 0.3 is 0 Å². The van der Waals surface area contributed by atoms with E-state index in [0.717, 1.165) is 17.9 Å². The van der Waals surface area contributed by atoms with Crippen LogP contribution in [0.3, 0.4) is 0 Å². The van der Waals surface area contributed by atoms with Gasteiger partial charge in [-0.15, -0.1) is 11.8 Å². The molecule has 0 bridgehead atoms. The van der Waals surface area contributed by atoms with Crippen molar-refractivity contribution in [1.29, 1.82) is 0 Å². The van der Waals surface area contributed by atoms with Crippen molar-refractivity contribution in [1.82, 2.24) is 9.88 Å². The van der Waals surface area contributed by atoms with Crippen LogP contribution in [0.4, 0.5) is 0 Å².